The predicted molar refractivity (Wildman–Crippen MR) is 119 cm³/mol. The number of halogens is 1. The number of rotatable bonds is 6. The summed E-state index contributed by atoms with van der Waals surface area (Å²) in [6, 6.07) is 17.2. The van der Waals surface area contributed by atoms with E-state index in [4.69, 9.17) is 9.47 Å². The topological polar surface area (TPSA) is 88.4 Å². The number of benzene rings is 2. The molecular formula is C22H15BrN2O4S. The maximum absolute atomic E-state index is 12.5. The summed E-state index contributed by atoms with van der Waals surface area (Å²) in [5, 5.41) is 13.9. The average molecular weight is 483 g/mol. The zero-order valence-corrected chi connectivity index (χ0v) is 18.1. The molecule has 0 saturated heterocycles. The van der Waals surface area contributed by atoms with Crippen LogP contribution in [0.15, 0.2) is 70.0 Å². The number of nitrogens with zero attached hydrogens (tertiary/aromatic N) is 1. The summed E-state index contributed by atoms with van der Waals surface area (Å²) in [6.45, 7) is 0. The van der Waals surface area contributed by atoms with E-state index >= 15 is 0 Å². The van der Waals surface area contributed by atoms with E-state index in [2.05, 4.69) is 21.2 Å². The third kappa shape index (κ3) is 5.14. The molecule has 0 fully saturated rings. The van der Waals surface area contributed by atoms with Crippen LogP contribution < -0.4 is 14.8 Å². The maximum Gasteiger partial charge on any atom is 0.353 e. The molecule has 0 aliphatic carbocycles. The zero-order chi connectivity index (χ0) is 21.5. The molecule has 1 heterocycles. The summed E-state index contributed by atoms with van der Waals surface area (Å²) < 4.78 is 11.4. The van der Waals surface area contributed by atoms with E-state index in [9.17, 15) is 14.9 Å². The Morgan fingerprint density at radius 1 is 1.13 bits per heavy atom. The number of carbonyl (C=O) groups is 2. The lowest BCUT2D eigenvalue weighted by molar-refractivity contribution is -0.112. The average Bonchev–Trinajstić information content (AvgIpc) is 3.29. The van der Waals surface area contributed by atoms with Crippen molar-refractivity contribution in [3.05, 3.63) is 80.5 Å². The van der Waals surface area contributed by atoms with Crippen molar-refractivity contribution in [2.75, 3.05) is 12.4 Å². The standard InChI is InChI=1S/C22H15BrN2O4S/c1-28-19-12-14(8-9-18(19)29-22(27)20-7-4-10-30-20)11-15(13-24)21(26)25-17-6-3-2-5-16(17)23/h2-12H,1H3,(H,25,26)/b15-11-. The van der Waals surface area contributed by atoms with Crippen molar-refractivity contribution < 1.29 is 19.1 Å². The lowest BCUT2D eigenvalue weighted by Gasteiger charge is -2.10. The number of nitrogens with one attached hydrogen (secondary N) is 1. The van der Waals surface area contributed by atoms with Gasteiger partial charge in [0.05, 0.1) is 12.8 Å². The number of nitriles is 1. The molecule has 0 unspecified atom stereocenters. The van der Waals surface area contributed by atoms with E-state index in [0.29, 0.717) is 26.4 Å². The molecule has 1 amide bonds. The fraction of sp³-hybridized carbons (Fsp3) is 0.0455. The van der Waals surface area contributed by atoms with Gasteiger partial charge >= 0.3 is 5.97 Å². The van der Waals surface area contributed by atoms with Gasteiger partial charge in [-0.15, -0.1) is 11.3 Å². The molecule has 0 spiro atoms. The quantitative estimate of drug-likeness (QED) is 0.223. The van der Waals surface area contributed by atoms with E-state index in [1.165, 1.54) is 24.5 Å². The number of anilines is 1. The van der Waals surface area contributed by atoms with Crippen molar-refractivity contribution in [3.8, 4) is 17.6 Å². The largest absolute Gasteiger partial charge is 0.493 e. The molecule has 0 atom stereocenters. The minimum Gasteiger partial charge on any atom is -0.493 e. The minimum absolute atomic E-state index is 0.0869. The molecule has 3 rings (SSSR count). The summed E-state index contributed by atoms with van der Waals surface area (Å²) in [7, 11) is 1.44. The second kappa shape index (κ2) is 9.87. The highest BCUT2D eigenvalue weighted by molar-refractivity contribution is 9.10. The van der Waals surface area contributed by atoms with Gasteiger partial charge in [-0.2, -0.15) is 5.26 Å². The minimum atomic E-state index is -0.545. The van der Waals surface area contributed by atoms with Crippen LogP contribution in [0, 0.1) is 11.3 Å². The Balaban J connectivity index is 1.81. The second-order valence-electron chi connectivity index (χ2n) is 5.88. The highest BCUT2D eigenvalue weighted by Crippen LogP contribution is 2.30. The van der Waals surface area contributed by atoms with Gasteiger partial charge in [-0.1, -0.05) is 24.3 Å². The maximum atomic E-state index is 12.5. The summed E-state index contributed by atoms with van der Waals surface area (Å²) in [4.78, 5) is 25.1. The molecule has 0 saturated carbocycles. The van der Waals surface area contributed by atoms with E-state index in [-0.39, 0.29) is 11.3 Å². The van der Waals surface area contributed by atoms with Crippen molar-refractivity contribution in [1.82, 2.24) is 0 Å². The number of methoxy groups -OCH3 is 1. The molecule has 2 aromatic carbocycles. The van der Waals surface area contributed by atoms with Crippen LogP contribution in [0.2, 0.25) is 0 Å². The number of hydrogen-bond donors (Lipinski definition) is 1. The number of esters is 1. The fourth-order valence-electron chi connectivity index (χ4n) is 2.47. The molecule has 3 aromatic rings. The molecule has 0 radical (unpaired) electrons. The molecule has 1 aromatic heterocycles. The van der Waals surface area contributed by atoms with E-state index in [1.807, 2.05) is 12.1 Å². The first-order valence-corrected chi connectivity index (χ1v) is 10.3. The Morgan fingerprint density at radius 2 is 1.93 bits per heavy atom. The molecule has 150 valence electrons. The van der Waals surface area contributed by atoms with Crippen LogP contribution in [0.1, 0.15) is 15.2 Å². The van der Waals surface area contributed by atoms with Crippen LogP contribution in [-0.4, -0.2) is 19.0 Å². The Morgan fingerprint density at radius 3 is 2.60 bits per heavy atom. The van der Waals surface area contributed by atoms with Gasteiger partial charge in [-0.05, 0) is 63.3 Å². The molecule has 1 N–H and O–H groups in total. The highest BCUT2D eigenvalue weighted by atomic mass is 79.9. The molecule has 0 aliphatic heterocycles. The third-order valence-electron chi connectivity index (χ3n) is 3.91. The Kier molecular flexibility index (Phi) is 7.01. The lowest BCUT2D eigenvalue weighted by Crippen LogP contribution is -2.13. The Hall–Kier alpha value is -3.41. The molecule has 6 nitrogen and oxygen atoms in total. The van der Waals surface area contributed by atoms with Crippen LogP contribution >= 0.6 is 27.3 Å². The van der Waals surface area contributed by atoms with Crippen LogP contribution in [0.5, 0.6) is 11.5 Å². The van der Waals surface area contributed by atoms with Crippen LogP contribution in [0.4, 0.5) is 5.69 Å². The zero-order valence-electron chi connectivity index (χ0n) is 15.7. The SMILES string of the molecule is COc1cc(/C=C(/C#N)C(=O)Nc2ccccc2Br)ccc1OC(=O)c1cccs1. The van der Waals surface area contributed by atoms with Crippen molar-refractivity contribution in [1.29, 1.82) is 5.26 Å². The summed E-state index contributed by atoms with van der Waals surface area (Å²) in [5.41, 5.74) is 1.01. The van der Waals surface area contributed by atoms with E-state index < -0.39 is 11.9 Å². The van der Waals surface area contributed by atoms with Crippen LogP contribution in [-0.2, 0) is 4.79 Å². The van der Waals surface area contributed by atoms with Gasteiger partial charge in [0.2, 0.25) is 0 Å². The summed E-state index contributed by atoms with van der Waals surface area (Å²) >= 11 is 4.62. The van der Waals surface area contributed by atoms with Gasteiger partial charge in [0, 0.05) is 4.47 Å². The Bertz CT molecular complexity index is 1150. The first kappa shape index (κ1) is 21.3. The second-order valence-corrected chi connectivity index (χ2v) is 7.68. The highest BCUT2D eigenvalue weighted by Gasteiger charge is 2.15. The first-order chi connectivity index (χ1) is 14.5. The molecular weight excluding hydrogens is 468 g/mol. The number of hydrogen-bond acceptors (Lipinski definition) is 6. The molecule has 0 bridgehead atoms. The number of carbonyl (C=O) groups excluding carboxylic acids is 2. The van der Waals surface area contributed by atoms with Gasteiger partial charge in [0.1, 0.15) is 16.5 Å². The van der Waals surface area contributed by atoms with Crippen LogP contribution in [0.25, 0.3) is 6.08 Å². The molecule has 30 heavy (non-hydrogen) atoms. The normalized spacial score (nSPS) is 10.8. The lowest BCUT2D eigenvalue weighted by atomic mass is 10.1. The third-order valence-corrected chi connectivity index (χ3v) is 5.45. The van der Waals surface area contributed by atoms with Gasteiger partial charge in [-0.3, -0.25) is 4.79 Å². The number of para-hydroxylation sites is 1. The predicted octanol–water partition coefficient (Wildman–Crippen LogP) is 5.28. The van der Waals surface area contributed by atoms with E-state index in [1.54, 1.807) is 53.9 Å². The number of amides is 1. The fourth-order valence-corrected chi connectivity index (χ4v) is 3.45. The van der Waals surface area contributed by atoms with Gasteiger partial charge in [-0.25, -0.2) is 4.79 Å². The monoisotopic (exact) mass is 482 g/mol. The summed E-state index contributed by atoms with van der Waals surface area (Å²) in [5.74, 6) is -0.491. The van der Waals surface area contributed by atoms with Gasteiger partial charge < -0.3 is 14.8 Å². The molecule has 8 heteroatoms. The van der Waals surface area contributed by atoms with Crippen molar-refractivity contribution in [2.24, 2.45) is 0 Å². The van der Waals surface area contributed by atoms with Crippen molar-refractivity contribution in [2.45, 2.75) is 0 Å². The van der Waals surface area contributed by atoms with Crippen LogP contribution in [0.3, 0.4) is 0 Å². The number of ether oxygens (including phenoxy) is 2. The van der Waals surface area contributed by atoms with Crippen molar-refractivity contribution >= 4 is 50.9 Å². The number of thiophene rings is 1. The molecule has 0 aliphatic rings. The smallest absolute Gasteiger partial charge is 0.353 e. The van der Waals surface area contributed by atoms with Gasteiger partial charge in [0.25, 0.3) is 5.91 Å². The Labute approximate surface area is 185 Å². The van der Waals surface area contributed by atoms with Gasteiger partial charge in [0.15, 0.2) is 11.5 Å². The van der Waals surface area contributed by atoms with E-state index in [0.717, 1.165) is 0 Å². The van der Waals surface area contributed by atoms with Crippen molar-refractivity contribution in [3.63, 3.8) is 0 Å². The summed E-state index contributed by atoms with van der Waals surface area (Å²) in [6.07, 6.45) is 1.43. The first-order valence-electron chi connectivity index (χ1n) is 8.63.